The van der Waals surface area contributed by atoms with Gasteiger partial charge in [0.1, 0.15) is 0 Å². The number of carboxylic acids is 1. The highest BCUT2D eigenvalue weighted by atomic mass is 79.9. The first-order valence-electron chi connectivity index (χ1n) is 7.44. The summed E-state index contributed by atoms with van der Waals surface area (Å²) < 4.78 is 0.986. The van der Waals surface area contributed by atoms with Crippen molar-refractivity contribution in [1.29, 1.82) is 0 Å². The largest absolute Gasteiger partial charge is 0.478 e. The molecular formula is C17H11Br2N3O5S. The van der Waals surface area contributed by atoms with Gasteiger partial charge in [-0.05, 0) is 51.9 Å². The molecule has 0 aliphatic rings. The van der Waals surface area contributed by atoms with E-state index >= 15 is 0 Å². The van der Waals surface area contributed by atoms with Gasteiger partial charge in [0.05, 0.1) is 16.2 Å². The zero-order valence-corrected chi connectivity index (χ0v) is 17.8. The molecule has 144 valence electrons. The highest BCUT2D eigenvalue weighted by Gasteiger charge is 2.16. The summed E-state index contributed by atoms with van der Waals surface area (Å²) in [5.41, 5.74) is 0.502. The second-order valence-corrected chi connectivity index (χ2v) is 7.42. The lowest BCUT2D eigenvalue weighted by molar-refractivity contribution is -0.384. The van der Waals surface area contributed by atoms with E-state index in [2.05, 4.69) is 42.5 Å². The van der Waals surface area contributed by atoms with E-state index in [0.717, 1.165) is 6.08 Å². The third kappa shape index (κ3) is 5.94. The molecule has 0 aliphatic heterocycles. The van der Waals surface area contributed by atoms with E-state index in [1.807, 2.05) is 0 Å². The number of anilines is 1. The van der Waals surface area contributed by atoms with Crippen molar-refractivity contribution in [2.75, 3.05) is 5.32 Å². The number of carbonyl (C=O) groups excluding carboxylic acids is 1. The molecule has 0 heterocycles. The lowest BCUT2D eigenvalue weighted by Gasteiger charge is -2.13. The molecule has 8 nitrogen and oxygen atoms in total. The molecule has 0 unspecified atom stereocenters. The summed E-state index contributed by atoms with van der Waals surface area (Å²) in [6.45, 7) is 0. The number of nitrogens with zero attached hydrogens (tertiary/aromatic N) is 1. The average Bonchev–Trinajstić information content (AvgIpc) is 2.62. The zero-order chi connectivity index (χ0) is 20.8. The lowest BCUT2D eigenvalue weighted by Crippen LogP contribution is -2.33. The van der Waals surface area contributed by atoms with Gasteiger partial charge in [0.15, 0.2) is 5.11 Å². The van der Waals surface area contributed by atoms with Crippen molar-refractivity contribution < 1.29 is 19.6 Å². The minimum atomic E-state index is -1.18. The number of hydrogen-bond donors (Lipinski definition) is 3. The van der Waals surface area contributed by atoms with Gasteiger partial charge in [0.2, 0.25) is 5.91 Å². The van der Waals surface area contributed by atoms with E-state index < -0.39 is 16.8 Å². The number of aromatic carboxylic acids is 1. The highest BCUT2D eigenvalue weighted by molar-refractivity contribution is 9.11. The summed E-state index contributed by atoms with van der Waals surface area (Å²) in [5.74, 6) is -1.77. The molecule has 11 heteroatoms. The van der Waals surface area contributed by atoms with E-state index in [1.54, 1.807) is 12.1 Å². The Kier molecular flexibility index (Phi) is 7.38. The fourth-order valence-electron chi connectivity index (χ4n) is 2.08. The monoisotopic (exact) mass is 527 g/mol. The number of carbonyl (C=O) groups is 2. The van der Waals surface area contributed by atoms with Crippen molar-refractivity contribution >= 4 is 78.5 Å². The van der Waals surface area contributed by atoms with E-state index in [0.29, 0.717) is 14.5 Å². The molecule has 0 spiro atoms. The van der Waals surface area contributed by atoms with Crippen LogP contribution in [-0.2, 0) is 4.79 Å². The number of carboxylic acid groups (broad SMARTS) is 1. The molecule has 28 heavy (non-hydrogen) atoms. The van der Waals surface area contributed by atoms with Crippen LogP contribution in [0.4, 0.5) is 11.4 Å². The van der Waals surface area contributed by atoms with Gasteiger partial charge in [0, 0.05) is 27.2 Å². The third-order valence-corrected chi connectivity index (χ3v) is 4.56. The normalized spacial score (nSPS) is 10.5. The van der Waals surface area contributed by atoms with Crippen LogP contribution >= 0.6 is 44.1 Å². The summed E-state index contributed by atoms with van der Waals surface area (Å²) in [7, 11) is 0. The molecule has 0 saturated carbocycles. The smallest absolute Gasteiger partial charge is 0.337 e. The van der Waals surface area contributed by atoms with E-state index in [-0.39, 0.29) is 22.1 Å². The number of nitro benzene ring substituents is 1. The molecule has 0 atom stereocenters. The molecule has 0 bridgehead atoms. The van der Waals surface area contributed by atoms with Crippen LogP contribution in [0.3, 0.4) is 0 Å². The molecule has 0 saturated heterocycles. The van der Waals surface area contributed by atoms with Gasteiger partial charge in [-0.25, -0.2) is 4.79 Å². The first kappa shape index (κ1) is 21.7. The number of nitro groups is 1. The van der Waals surface area contributed by atoms with Crippen LogP contribution in [-0.4, -0.2) is 27.0 Å². The SMILES string of the molecule is O=C(C=Cc1cccc([N+](=O)[O-])c1)NC(=S)Nc1c(Br)cc(Br)cc1C(=O)O. The van der Waals surface area contributed by atoms with Gasteiger partial charge in [-0.3, -0.25) is 20.2 Å². The summed E-state index contributed by atoms with van der Waals surface area (Å²) >= 11 is 11.5. The van der Waals surface area contributed by atoms with Crippen molar-refractivity contribution in [3.05, 3.63) is 72.7 Å². The fourth-order valence-corrected chi connectivity index (χ4v) is 3.61. The topological polar surface area (TPSA) is 122 Å². The highest BCUT2D eigenvalue weighted by Crippen LogP contribution is 2.30. The molecule has 0 aromatic heterocycles. The number of thiocarbonyl (C=S) groups is 1. The maximum Gasteiger partial charge on any atom is 0.337 e. The summed E-state index contributed by atoms with van der Waals surface area (Å²) in [6.07, 6.45) is 2.55. The number of halogens is 2. The Morgan fingerprint density at radius 2 is 1.93 bits per heavy atom. The van der Waals surface area contributed by atoms with Crippen molar-refractivity contribution in [1.82, 2.24) is 5.32 Å². The van der Waals surface area contributed by atoms with Gasteiger partial charge in [-0.2, -0.15) is 0 Å². The first-order chi connectivity index (χ1) is 13.2. The van der Waals surface area contributed by atoms with E-state index in [4.69, 9.17) is 12.2 Å². The van der Waals surface area contributed by atoms with E-state index in [9.17, 15) is 24.8 Å². The van der Waals surface area contributed by atoms with Crippen molar-refractivity contribution in [3.8, 4) is 0 Å². The molecule has 0 aliphatic carbocycles. The Labute approximate surface area is 181 Å². The second kappa shape index (κ2) is 9.53. The third-order valence-electron chi connectivity index (χ3n) is 3.27. The molecule has 0 radical (unpaired) electrons. The number of nitrogens with one attached hydrogen (secondary N) is 2. The molecule has 1 amide bonds. The van der Waals surface area contributed by atoms with Crippen molar-refractivity contribution in [2.45, 2.75) is 0 Å². The van der Waals surface area contributed by atoms with Crippen LogP contribution in [0.2, 0.25) is 0 Å². The standard InChI is InChI=1S/C17H11Br2N3O5S/c18-10-7-12(16(24)25)15(13(19)8-10)21-17(28)20-14(23)5-4-9-2-1-3-11(6-9)22(26)27/h1-8H,(H,24,25)(H2,20,21,23,28). The van der Waals surface area contributed by atoms with Gasteiger partial charge in [-0.15, -0.1) is 0 Å². The van der Waals surface area contributed by atoms with Gasteiger partial charge in [0.25, 0.3) is 5.69 Å². The Morgan fingerprint density at radius 1 is 1.21 bits per heavy atom. The van der Waals surface area contributed by atoms with Crippen molar-refractivity contribution in [3.63, 3.8) is 0 Å². The summed E-state index contributed by atoms with van der Waals surface area (Å²) in [4.78, 5) is 33.6. The lowest BCUT2D eigenvalue weighted by atomic mass is 10.2. The molecule has 2 rings (SSSR count). The van der Waals surface area contributed by atoms with Gasteiger partial charge >= 0.3 is 5.97 Å². The van der Waals surface area contributed by atoms with Crippen LogP contribution in [0.5, 0.6) is 0 Å². The molecule has 3 N–H and O–H groups in total. The van der Waals surface area contributed by atoms with Gasteiger partial charge < -0.3 is 10.4 Å². The van der Waals surface area contributed by atoms with Crippen LogP contribution in [0.1, 0.15) is 15.9 Å². The average molecular weight is 529 g/mol. The molecule has 2 aromatic carbocycles. The quantitative estimate of drug-likeness (QED) is 0.228. The Balaban J connectivity index is 2.08. The number of benzene rings is 2. The summed E-state index contributed by atoms with van der Waals surface area (Å²) in [5, 5.41) is 25.0. The minimum Gasteiger partial charge on any atom is -0.478 e. The molecule has 0 fully saturated rings. The van der Waals surface area contributed by atoms with Crippen molar-refractivity contribution in [2.24, 2.45) is 0 Å². The minimum absolute atomic E-state index is 0.0509. The Morgan fingerprint density at radius 3 is 2.57 bits per heavy atom. The molecule has 2 aromatic rings. The predicted molar refractivity (Wildman–Crippen MR) is 115 cm³/mol. The van der Waals surface area contributed by atoms with Crippen LogP contribution in [0.15, 0.2) is 51.4 Å². The summed E-state index contributed by atoms with van der Waals surface area (Å²) in [6, 6.07) is 8.78. The zero-order valence-electron chi connectivity index (χ0n) is 13.8. The van der Waals surface area contributed by atoms with Crippen LogP contribution in [0, 0.1) is 10.1 Å². The van der Waals surface area contributed by atoms with Crippen LogP contribution < -0.4 is 10.6 Å². The fraction of sp³-hybridized carbons (Fsp3) is 0. The molecular weight excluding hydrogens is 518 g/mol. The number of rotatable bonds is 5. The first-order valence-corrected chi connectivity index (χ1v) is 9.43. The maximum atomic E-state index is 12.0. The second-order valence-electron chi connectivity index (χ2n) is 5.24. The Hall–Kier alpha value is -2.63. The predicted octanol–water partition coefficient (Wildman–Crippen LogP) is 4.34. The maximum absolute atomic E-state index is 12.0. The number of hydrogen-bond acceptors (Lipinski definition) is 5. The van der Waals surface area contributed by atoms with Crippen LogP contribution in [0.25, 0.3) is 6.08 Å². The number of amides is 1. The van der Waals surface area contributed by atoms with E-state index in [1.165, 1.54) is 30.3 Å². The number of non-ortho nitro benzene ring substituents is 1. The van der Waals surface area contributed by atoms with Gasteiger partial charge in [-0.1, -0.05) is 28.1 Å². The Bertz CT molecular complexity index is 1010.